The quantitative estimate of drug-likeness (QED) is 0.634. The molecule has 0 radical (unpaired) electrons. The van der Waals surface area contributed by atoms with Gasteiger partial charge in [0.2, 0.25) is 5.91 Å². The highest BCUT2D eigenvalue weighted by Crippen LogP contribution is 2.21. The molecule has 0 aromatic carbocycles. The average Bonchev–Trinajstić information content (AvgIpc) is 2.70. The fraction of sp³-hybridized carbons (Fsp3) is 0.600. The third-order valence-corrected chi connectivity index (χ3v) is 3.47. The molecule has 1 aromatic heterocycles. The Labute approximate surface area is 115 Å². The van der Waals surface area contributed by atoms with Crippen molar-refractivity contribution >= 4 is 23.7 Å². The SMILES string of the molecule is CCNC(=O)NC(=O)C(C)Sc1nnc(CN)n1C. The number of carbonyl (C=O) groups is 2. The number of nitrogens with two attached hydrogens (primary N) is 1. The zero-order valence-electron chi connectivity index (χ0n) is 11.1. The predicted octanol–water partition coefficient (Wildman–Crippen LogP) is -0.400. The molecule has 0 saturated carbocycles. The fourth-order valence-corrected chi connectivity index (χ4v) is 2.09. The van der Waals surface area contributed by atoms with Gasteiger partial charge in [0.05, 0.1) is 11.8 Å². The van der Waals surface area contributed by atoms with Crippen molar-refractivity contribution in [3.8, 4) is 0 Å². The van der Waals surface area contributed by atoms with E-state index in [2.05, 4.69) is 20.8 Å². The van der Waals surface area contributed by atoms with Gasteiger partial charge in [-0.1, -0.05) is 11.8 Å². The summed E-state index contributed by atoms with van der Waals surface area (Å²) in [5, 5.41) is 12.7. The summed E-state index contributed by atoms with van der Waals surface area (Å²) in [6.45, 7) is 4.21. The van der Waals surface area contributed by atoms with Crippen molar-refractivity contribution in [3.63, 3.8) is 0 Å². The first-order valence-electron chi connectivity index (χ1n) is 5.83. The smallest absolute Gasteiger partial charge is 0.321 e. The number of carbonyl (C=O) groups excluding carboxylic acids is 2. The maximum Gasteiger partial charge on any atom is 0.321 e. The molecule has 1 rings (SSSR count). The van der Waals surface area contributed by atoms with E-state index in [4.69, 9.17) is 5.73 Å². The van der Waals surface area contributed by atoms with Crippen molar-refractivity contribution in [2.24, 2.45) is 12.8 Å². The number of amides is 3. The van der Waals surface area contributed by atoms with Crippen LogP contribution in [0.1, 0.15) is 19.7 Å². The van der Waals surface area contributed by atoms with E-state index in [1.54, 1.807) is 25.5 Å². The Balaban J connectivity index is 2.58. The third-order valence-electron chi connectivity index (χ3n) is 2.33. The second-order valence-corrected chi connectivity index (χ2v) is 5.08. The topological polar surface area (TPSA) is 115 Å². The monoisotopic (exact) mass is 286 g/mol. The van der Waals surface area contributed by atoms with E-state index in [0.29, 0.717) is 17.5 Å². The molecule has 0 fully saturated rings. The zero-order valence-corrected chi connectivity index (χ0v) is 12.0. The molecule has 0 aliphatic carbocycles. The summed E-state index contributed by atoms with van der Waals surface area (Å²) in [4.78, 5) is 23.0. The lowest BCUT2D eigenvalue weighted by Crippen LogP contribution is -2.42. The Kier molecular flexibility index (Phi) is 5.77. The molecular formula is C10H18N6O2S. The number of imide groups is 1. The largest absolute Gasteiger partial charge is 0.338 e. The molecule has 1 heterocycles. The van der Waals surface area contributed by atoms with Gasteiger partial charge in [0.15, 0.2) is 5.16 Å². The zero-order chi connectivity index (χ0) is 14.4. The molecule has 3 amide bonds. The molecule has 0 aliphatic rings. The van der Waals surface area contributed by atoms with E-state index >= 15 is 0 Å². The number of urea groups is 1. The van der Waals surface area contributed by atoms with E-state index in [9.17, 15) is 9.59 Å². The molecule has 1 atom stereocenters. The molecule has 0 aliphatic heterocycles. The van der Waals surface area contributed by atoms with Crippen LogP contribution >= 0.6 is 11.8 Å². The number of nitrogens with zero attached hydrogens (tertiary/aromatic N) is 3. The van der Waals surface area contributed by atoms with E-state index in [-0.39, 0.29) is 12.5 Å². The van der Waals surface area contributed by atoms with Gasteiger partial charge in [-0.25, -0.2) is 4.79 Å². The molecular weight excluding hydrogens is 268 g/mol. The van der Waals surface area contributed by atoms with Crippen molar-refractivity contribution in [1.29, 1.82) is 0 Å². The number of thioether (sulfide) groups is 1. The van der Waals surface area contributed by atoms with E-state index in [1.165, 1.54) is 11.8 Å². The summed E-state index contributed by atoms with van der Waals surface area (Å²) in [5.74, 6) is 0.257. The summed E-state index contributed by atoms with van der Waals surface area (Å²) >= 11 is 1.22. The minimum Gasteiger partial charge on any atom is -0.338 e. The van der Waals surface area contributed by atoms with Gasteiger partial charge in [-0.05, 0) is 13.8 Å². The maximum absolute atomic E-state index is 11.7. The Morgan fingerprint density at radius 2 is 2.16 bits per heavy atom. The Hall–Kier alpha value is -1.61. The fourth-order valence-electron chi connectivity index (χ4n) is 1.26. The van der Waals surface area contributed by atoms with Crippen LogP contribution in [0.15, 0.2) is 5.16 Å². The average molecular weight is 286 g/mol. The summed E-state index contributed by atoms with van der Waals surface area (Å²) in [7, 11) is 1.78. The lowest BCUT2D eigenvalue weighted by molar-refractivity contribution is -0.119. The van der Waals surface area contributed by atoms with E-state index < -0.39 is 11.3 Å². The van der Waals surface area contributed by atoms with Crippen molar-refractivity contribution in [2.45, 2.75) is 30.8 Å². The van der Waals surface area contributed by atoms with Crippen LogP contribution in [0.5, 0.6) is 0 Å². The normalized spacial score (nSPS) is 12.0. The van der Waals surface area contributed by atoms with Crippen LogP contribution in [0.3, 0.4) is 0 Å². The van der Waals surface area contributed by atoms with Crippen LogP contribution in [0.25, 0.3) is 0 Å². The number of aromatic nitrogens is 3. The highest BCUT2D eigenvalue weighted by atomic mass is 32.2. The summed E-state index contributed by atoms with van der Waals surface area (Å²) in [6.07, 6.45) is 0. The van der Waals surface area contributed by atoms with Crippen LogP contribution < -0.4 is 16.4 Å². The van der Waals surface area contributed by atoms with Gasteiger partial charge in [0.25, 0.3) is 0 Å². The van der Waals surface area contributed by atoms with Gasteiger partial charge in [-0.15, -0.1) is 10.2 Å². The number of rotatable bonds is 5. The molecule has 9 heteroatoms. The lowest BCUT2D eigenvalue weighted by Gasteiger charge is -2.10. The minimum atomic E-state index is -0.499. The molecule has 0 spiro atoms. The van der Waals surface area contributed by atoms with Crippen LogP contribution in [-0.4, -0.2) is 38.5 Å². The van der Waals surface area contributed by atoms with Crippen molar-refractivity contribution in [1.82, 2.24) is 25.4 Å². The van der Waals surface area contributed by atoms with E-state index in [1.807, 2.05) is 0 Å². The molecule has 4 N–H and O–H groups in total. The standard InChI is InChI=1S/C10H18N6O2S/c1-4-12-9(18)13-8(17)6(2)19-10-15-14-7(5-11)16(10)3/h6H,4-5,11H2,1-3H3,(H2,12,13,17,18). The highest BCUT2D eigenvalue weighted by Gasteiger charge is 2.19. The molecule has 0 bridgehead atoms. The van der Waals surface area contributed by atoms with Crippen molar-refractivity contribution < 1.29 is 9.59 Å². The Morgan fingerprint density at radius 3 is 2.68 bits per heavy atom. The van der Waals surface area contributed by atoms with Gasteiger partial charge in [-0.3, -0.25) is 10.1 Å². The highest BCUT2D eigenvalue weighted by molar-refractivity contribution is 8.00. The van der Waals surface area contributed by atoms with Gasteiger partial charge in [0, 0.05) is 13.6 Å². The van der Waals surface area contributed by atoms with E-state index in [0.717, 1.165) is 0 Å². The minimum absolute atomic E-state index is 0.281. The number of hydrogen-bond acceptors (Lipinski definition) is 6. The maximum atomic E-state index is 11.7. The first kappa shape index (κ1) is 15.4. The van der Waals surface area contributed by atoms with Gasteiger partial charge >= 0.3 is 6.03 Å². The van der Waals surface area contributed by atoms with Crippen LogP contribution in [0, 0.1) is 0 Å². The Bertz CT molecular complexity index is 461. The van der Waals surface area contributed by atoms with Gasteiger partial charge in [-0.2, -0.15) is 0 Å². The van der Waals surface area contributed by atoms with Gasteiger partial charge < -0.3 is 15.6 Å². The summed E-state index contributed by atoms with van der Waals surface area (Å²) in [5.41, 5.74) is 5.49. The van der Waals surface area contributed by atoms with Crippen LogP contribution in [0.4, 0.5) is 4.79 Å². The molecule has 19 heavy (non-hydrogen) atoms. The Morgan fingerprint density at radius 1 is 1.47 bits per heavy atom. The first-order chi connectivity index (χ1) is 8.99. The summed E-state index contributed by atoms with van der Waals surface area (Å²) in [6, 6.07) is -0.499. The molecule has 0 saturated heterocycles. The number of hydrogen-bond donors (Lipinski definition) is 3. The van der Waals surface area contributed by atoms with Crippen molar-refractivity contribution in [3.05, 3.63) is 5.82 Å². The third kappa shape index (κ3) is 4.21. The predicted molar refractivity (Wildman–Crippen MR) is 71.4 cm³/mol. The molecule has 106 valence electrons. The van der Waals surface area contributed by atoms with Crippen molar-refractivity contribution in [2.75, 3.05) is 6.54 Å². The molecule has 8 nitrogen and oxygen atoms in total. The summed E-state index contributed by atoms with van der Waals surface area (Å²) < 4.78 is 1.72. The second-order valence-electron chi connectivity index (χ2n) is 3.77. The lowest BCUT2D eigenvalue weighted by atomic mass is 10.4. The molecule has 1 aromatic rings. The van der Waals surface area contributed by atoms with Crippen LogP contribution in [-0.2, 0) is 18.4 Å². The van der Waals surface area contributed by atoms with Gasteiger partial charge in [0.1, 0.15) is 5.82 Å². The second kappa shape index (κ2) is 7.10. The number of nitrogens with one attached hydrogen (secondary N) is 2. The molecule has 1 unspecified atom stereocenters. The van der Waals surface area contributed by atoms with Crippen LogP contribution in [0.2, 0.25) is 0 Å². The first-order valence-corrected chi connectivity index (χ1v) is 6.71.